The number of sulfonamides is 1. The summed E-state index contributed by atoms with van der Waals surface area (Å²) < 4.78 is 51.5. The number of benzene rings is 2. The fraction of sp³-hybridized carbons (Fsp3) is 0.333. The van der Waals surface area contributed by atoms with Crippen LogP contribution in [-0.4, -0.2) is 68.3 Å². The molecule has 176 valence electrons. The number of anilines is 1. The Morgan fingerprint density at radius 3 is 2.55 bits per heavy atom. The van der Waals surface area contributed by atoms with E-state index in [9.17, 15) is 22.4 Å². The molecule has 0 spiro atoms. The van der Waals surface area contributed by atoms with Gasteiger partial charge in [-0.3, -0.25) is 9.59 Å². The number of ether oxygens (including phenoxy) is 2. The molecule has 0 aromatic heterocycles. The minimum absolute atomic E-state index is 0.0431. The van der Waals surface area contributed by atoms with Gasteiger partial charge in [-0.25, -0.2) is 12.8 Å². The SMILES string of the molecule is C[C@H]1Oc2cc(S(=O)(=O)N3CCN(C(=O)COc4ccc(F)cc4)CC3)c(Cl)cc2NC1=O. The van der Waals surface area contributed by atoms with Crippen molar-refractivity contribution in [3.05, 3.63) is 47.2 Å². The predicted octanol–water partition coefficient (Wildman–Crippen LogP) is 2.11. The lowest BCUT2D eigenvalue weighted by atomic mass is 10.2. The van der Waals surface area contributed by atoms with Gasteiger partial charge in [-0.05, 0) is 37.3 Å². The van der Waals surface area contributed by atoms with E-state index in [1.54, 1.807) is 6.92 Å². The van der Waals surface area contributed by atoms with Gasteiger partial charge in [0.25, 0.3) is 11.8 Å². The zero-order valence-corrected chi connectivity index (χ0v) is 19.2. The minimum Gasteiger partial charge on any atom is -0.484 e. The van der Waals surface area contributed by atoms with Crippen LogP contribution in [0.3, 0.4) is 0 Å². The van der Waals surface area contributed by atoms with Gasteiger partial charge in [0.05, 0.1) is 10.7 Å². The molecule has 1 saturated heterocycles. The smallest absolute Gasteiger partial charge is 0.265 e. The van der Waals surface area contributed by atoms with E-state index in [1.165, 1.54) is 45.6 Å². The van der Waals surface area contributed by atoms with Gasteiger partial charge in [0.2, 0.25) is 10.0 Å². The van der Waals surface area contributed by atoms with Gasteiger partial charge in [-0.1, -0.05) is 11.6 Å². The van der Waals surface area contributed by atoms with Gasteiger partial charge in [0.15, 0.2) is 12.7 Å². The third-order valence-corrected chi connectivity index (χ3v) is 7.71. The summed E-state index contributed by atoms with van der Waals surface area (Å²) in [6.45, 7) is 1.82. The molecule has 2 aromatic rings. The zero-order valence-electron chi connectivity index (χ0n) is 17.6. The maximum Gasteiger partial charge on any atom is 0.265 e. The number of amides is 2. The molecule has 0 saturated carbocycles. The first-order chi connectivity index (χ1) is 15.6. The summed E-state index contributed by atoms with van der Waals surface area (Å²) in [7, 11) is -3.96. The lowest BCUT2D eigenvalue weighted by Crippen LogP contribution is -2.51. The Kier molecular flexibility index (Phi) is 6.46. The molecule has 2 amide bonds. The third-order valence-electron chi connectivity index (χ3n) is 5.35. The van der Waals surface area contributed by atoms with Crippen molar-refractivity contribution < 1.29 is 31.9 Å². The second-order valence-corrected chi connectivity index (χ2v) is 9.87. The number of hydrogen-bond donors (Lipinski definition) is 1. The molecule has 1 N–H and O–H groups in total. The van der Waals surface area contributed by atoms with Gasteiger partial charge >= 0.3 is 0 Å². The molecule has 0 unspecified atom stereocenters. The number of nitrogens with one attached hydrogen (secondary N) is 1. The van der Waals surface area contributed by atoms with E-state index in [2.05, 4.69) is 5.32 Å². The Morgan fingerprint density at radius 1 is 1.21 bits per heavy atom. The Bertz CT molecular complexity index is 1180. The maximum absolute atomic E-state index is 13.2. The van der Waals surface area contributed by atoms with Crippen LogP contribution in [0.25, 0.3) is 0 Å². The fourth-order valence-corrected chi connectivity index (χ4v) is 5.43. The third kappa shape index (κ3) is 4.90. The number of fused-ring (bicyclic) bond motifs is 1. The standard InChI is InChI=1S/C21H21ClFN3O6S/c1-13-21(28)24-17-10-16(22)19(11-18(17)32-13)33(29,30)26-8-6-25(7-9-26)20(27)12-31-15-4-2-14(23)3-5-15/h2-5,10-11,13H,6-9,12H2,1H3,(H,24,28)/t13-/m1/s1. The molecule has 0 bridgehead atoms. The van der Waals surface area contributed by atoms with E-state index in [1.807, 2.05) is 0 Å². The maximum atomic E-state index is 13.2. The normalized spacial score (nSPS) is 18.8. The van der Waals surface area contributed by atoms with Crippen molar-refractivity contribution in [3.8, 4) is 11.5 Å². The van der Waals surface area contributed by atoms with Gasteiger partial charge in [-0.2, -0.15) is 4.31 Å². The first-order valence-corrected chi connectivity index (χ1v) is 11.9. The summed E-state index contributed by atoms with van der Waals surface area (Å²) in [6.07, 6.45) is -0.763. The molecule has 12 heteroatoms. The molecular weight excluding hydrogens is 477 g/mol. The molecule has 9 nitrogen and oxygen atoms in total. The van der Waals surface area contributed by atoms with E-state index >= 15 is 0 Å². The number of hydrogen-bond acceptors (Lipinski definition) is 6. The number of nitrogens with zero attached hydrogens (tertiary/aromatic N) is 2. The van der Waals surface area contributed by atoms with E-state index in [0.717, 1.165) is 0 Å². The highest BCUT2D eigenvalue weighted by molar-refractivity contribution is 7.89. The number of halogens is 2. The van der Waals surface area contributed by atoms with Gasteiger partial charge in [0, 0.05) is 32.2 Å². The molecule has 1 atom stereocenters. The lowest BCUT2D eigenvalue weighted by molar-refractivity contribution is -0.134. The number of piperazine rings is 1. The van der Waals surface area contributed by atoms with Crippen LogP contribution in [0, 0.1) is 5.82 Å². The molecule has 2 aliphatic heterocycles. The van der Waals surface area contributed by atoms with Crippen molar-refractivity contribution in [2.45, 2.75) is 17.9 Å². The van der Waals surface area contributed by atoms with Crippen LogP contribution < -0.4 is 14.8 Å². The first kappa shape index (κ1) is 23.3. The van der Waals surface area contributed by atoms with Crippen molar-refractivity contribution in [1.82, 2.24) is 9.21 Å². The van der Waals surface area contributed by atoms with Crippen molar-refractivity contribution in [2.24, 2.45) is 0 Å². The second kappa shape index (κ2) is 9.16. The Hall–Kier alpha value is -2.89. The zero-order chi connectivity index (χ0) is 23.8. The van der Waals surface area contributed by atoms with Crippen LogP contribution in [0.2, 0.25) is 5.02 Å². The minimum atomic E-state index is -3.96. The molecule has 4 rings (SSSR count). The molecule has 0 radical (unpaired) electrons. The van der Waals surface area contributed by atoms with E-state index in [4.69, 9.17) is 21.1 Å². The van der Waals surface area contributed by atoms with Crippen LogP contribution in [0.5, 0.6) is 11.5 Å². The first-order valence-electron chi connectivity index (χ1n) is 10.1. The highest BCUT2D eigenvalue weighted by Gasteiger charge is 2.34. The van der Waals surface area contributed by atoms with Crippen molar-refractivity contribution >= 4 is 39.1 Å². The van der Waals surface area contributed by atoms with Crippen LogP contribution in [0.1, 0.15) is 6.92 Å². The summed E-state index contributed by atoms with van der Waals surface area (Å²) in [5, 5.41) is 2.58. The fourth-order valence-electron chi connectivity index (χ4n) is 3.49. The molecule has 2 aromatic carbocycles. The van der Waals surface area contributed by atoms with Crippen molar-refractivity contribution in [2.75, 3.05) is 38.1 Å². The molecule has 0 aliphatic carbocycles. The number of carbonyl (C=O) groups is 2. The second-order valence-electron chi connectivity index (χ2n) is 7.56. The van der Waals surface area contributed by atoms with Crippen LogP contribution in [0.4, 0.5) is 10.1 Å². The van der Waals surface area contributed by atoms with E-state index in [0.29, 0.717) is 11.4 Å². The molecule has 2 aliphatic rings. The van der Waals surface area contributed by atoms with Gasteiger partial charge in [-0.15, -0.1) is 0 Å². The summed E-state index contributed by atoms with van der Waals surface area (Å²) in [4.78, 5) is 25.6. The molecular formula is C21H21ClFN3O6S. The van der Waals surface area contributed by atoms with E-state index < -0.39 is 21.9 Å². The summed E-state index contributed by atoms with van der Waals surface area (Å²) in [5.74, 6) is -0.479. The van der Waals surface area contributed by atoms with Crippen LogP contribution >= 0.6 is 11.6 Å². The quantitative estimate of drug-likeness (QED) is 0.678. The predicted molar refractivity (Wildman–Crippen MR) is 117 cm³/mol. The van der Waals surface area contributed by atoms with Crippen LogP contribution in [-0.2, 0) is 19.6 Å². The molecule has 2 heterocycles. The lowest BCUT2D eigenvalue weighted by Gasteiger charge is -2.34. The topological polar surface area (TPSA) is 105 Å². The Morgan fingerprint density at radius 2 is 1.88 bits per heavy atom. The monoisotopic (exact) mass is 497 g/mol. The summed E-state index contributed by atoms with van der Waals surface area (Å²) in [6, 6.07) is 7.96. The molecule has 33 heavy (non-hydrogen) atoms. The van der Waals surface area contributed by atoms with E-state index in [-0.39, 0.29) is 60.3 Å². The van der Waals surface area contributed by atoms with Crippen LogP contribution in [0.15, 0.2) is 41.3 Å². The number of carbonyl (C=O) groups excluding carboxylic acids is 2. The van der Waals surface area contributed by atoms with Crippen molar-refractivity contribution in [1.29, 1.82) is 0 Å². The average Bonchev–Trinajstić information content (AvgIpc) is 2.79. The average molecular weight is 498 g/mol. The largest absolute Gasteiger partial charge is 0.484 e. The van der Waals surface area contributed by atoms with Gasteiger partial charge in [0.1, 0.15) is 22.2 Å². The highest BCUT2D eigenvalue weighted by atomic mass is 35.5. The summed E-state index contributed by atoms with van der Waals surface area (Å²) >= 11 is 6.22. The number of rotatable bonds is 5. The Labute approximate surface area is 195 Å². The highest BCUT2D eigenvalue weighted by Crippen LogP contribution is 2.38. The Balaban J connectivity index is 1.40. The van der Waals surface area contributed by atoms with Gasteiger partial charge < -0.3 is 19.7 Å². The van der Waals surface area contributed by atoms with Crippen molar-refractivity contribution in [3.63, 3.8) is 0 Å². The summed E-state index contributed by atoms with van der Waals surface area (Å²) in [5.41, 5.74) is 0.304. The molecule has 1 fully saturated rings.